The van der Waals surface area contributed by atoms with Gasteiger partial charge in [0.1, 0.15) is 5.78 Å². The van der Waals surface area contributed by atoms with Gasteiger partial charge in [-0.1, -0.05) is 24.3 Å². The molecule has 0 bridgehead atoms. The molecular formula is C15H20O2. The van der Waals surface area contributed by atoms with Crippen molar-refractivity contribution in [1.82, 2.24) is 0 Å². The number of carbonyl (C=O) groups excluding carboxylic acids is 1. The Hall–Kier alpha value is -1.15. The van der Waals surface area contributed by atoms with Gasteiger partial charge in [-0.3, -0.25) is 4.79 Å². The lowest BCUT2D eigenvalue weighted by molar-refractivity contribution is -0.121. The fourth-order valence-corrected chi connectivity index (χ4v) is 2.65. The lowest BCUT2D eigenvalue weighted by atomic mass is 9.79. The highest BCUT2D eigenvalue weighted by molar-refractivity contribution is 5.86. The molecule has 0 amide bonds. The molecule has 0 saturated carbocycles. The summed E-state index contributed by atoms with van der Waals surface area (Å²) in [5, 5.41) is 0. The summed E-state index contributed by atoms with van der Waals surface area (Å²) in [7, 11) is 1.68. The van der Waals surface area contributed by atoms with Gasteiger partial charge in [0.15, 0.2) is 0 Å². The lowest BCUT2D eigenvalue weighted by Crippen LogP contribution is -2.18. The van der Waals surface area contributed by atoms with Crippen LogP contribution in [-0.2, 0) is 16.0 Å². The van der Waals surface area contributed by atoms with Crippen molar-refractivity contribution < 1.29 is 9.53 Å². The van der Waals surface area contributed by atoms with Crippen molar-refractivity contribution in [3.8, 4) is 0 Å². The average molecular weight is 232 g/mol. The first kappa shape index (κ1) is 12.3. The van der Waals surface area contributed by atoms with Crippen LogP contribution < -0.4 is 0 Å². The Morgan fingerprint density at radius 1 is 1.41 bits per heavy atom. The molecule has 1 unspecified atom stereocenters. The molecule has 0 fully saturated rings. The minimum absolute atomic E-state index is 0.136. The Morgan fingerprint density at radius 2 is 2.24 bits per heavy atom. The number of ether oxygens (including phenoxy) is 1. The van der Waals surface area contributed by atoms with E-state index in [0.29, 0.717) is 18.8 Å². The molecule has 2 nitrogen and oxygen atoms in total. The molecule has 0 spiro atoms. The van der Waals surface area contributed by atoms with Crippen LogP contribution in [0.2, 0.25) is 0 Å². The van der Waals surface area contributed by atoms with E-state index in [1.54, 1.807) is 7.11 Å². The van der Waals surface area contributed by atoms with E-state index in [1.807, 2.05) is 6.07 Å². The Labute approximate surface area is 103 Å². The molecule has 2 rings (SSSR count). The fraction of sp³-hybridized carbons (Fsp3) is 0.533. The first-order chi connectivity index (χ1) is 8.33. The number of ketones is 1. The maximum Gasteiger partial charge on any atom is 0.140 e. The molecule has 0 aromatic heterocycles. The Kier molecular flexibility index (Phi) is 4.32. The monoisotopic (exact) mass is 232 g/mol. The van der Waals surface area contributed by atoms with Gasteiger partial charge in [0, 0.05) is 26.1 Å². The van der Waals surface area contributed by atoms with Gasteiger partial charge in [-0.15, -0.1) is 0 Å². The van der Waals surface area contributed by atoms with E-state index in [9.17, 15) is 4.79 Å². The van der Waals surface area contributed by atoms with E-state index in [-0.39, 0.29) is 5.92 Å². The van der Waals surface area contributed by atoms with Gasteiger partial charge in [0.25, 0.3) is 0 Å². The van der Waals surface area contributed by atoms with Crippen LogP contribution in [0.15, 0.2) is 24.3 Å². The summed E-state index contributed by atoms with van der Waals surface area (Å²) in [5.41, 5.74) is 2.63. The fourth-order valence-electron chi connectivity index (χ4n) is 2.65. The molecule has 1 atom stereocenters. The zero-order valence-corrected chi connectivity index (χ0v) is 10.4. The molecule has 1 aliphatic carbocycles. The van der Waals surface area contributed by atoms with Crippen molar-refractivity contribution in [3.63, 3.8) is 0 Å². The number of benzene rings is 1. The van der Waals surface area contributed by atoms with E-state index < -0.39 is 0 Å². The molecule has 92 valence electrons. The molecule has 2 heteroatoms. The van der Waals surface area contributed by atoms with E-state index in [0.717, 1.165) is 25.7 Å². The van der Waals surface area contributed by atoms with Crippen LogP contribution in [0.1, 0.15) is 42.7 Å². The minimum Gasteiger partial charge on any atom is -0.385 e. The number of aryl methyl sites for hydroxylation is 1. The Balaban J connectivity index is 2.05. The predicted octanol–water partition coefficient (Wildman–Crippen LogP) is 3.10. The van der Waals surface area contributed by atoms with Crippen LogP contribution in [0.5, 0.6) is 0 Å². The third-order valence-corrected chi connectivity index (χ3v) is 3.53. The molecule has 1 aliphatic rings. The summed E-state index contributed by atoms with van der Waals surface area (Å²) in [6.07, 6.45) is 4.76. The van der Waals surface area contributed by atoms with E-state index >= 15 is 0 Å². The van der Waals surface area contributed by atoms with Crippen LogP contribution >= 0.6 is 0 Å². The summed E-state index contributed by atoms with van der Waals surface area (Å²) in [6, 6.07) is 8.38. The second-order valence-corrected chi connectivity index (χ2v) is 4.71. The van der Waals surface area contributed by atoms with E-state index in [2.05, 4.69) is 18.2 Å². The van der Waals surface area contributed by atoms with Crippen LogP contribution in [-0.4, -0.2) is 19.5 Å². The van der Waals surface area contributed by atoms with Gasteiger partial charge in [0.05, 0.1) is 0 Å². The maximum atomic E-state index is 12.2. The normalized spacial score (nSPS) is 18.8. The molecule has 0 radical (unpaired) electrons. The largest absolute Gasteiger partial charge is 0.385 e. The van der Waals surface area contributed by atoms with Crippen LogP contribution in [0.3, 0.4) is 0 Å². The number of rotatable bonds is 5. The van der Waals surface area contributed by atoms with Gasteiger partial charge >= 0.3 is 0 Å². The predicted molar refractivity (Wildman–Crippen MR) is 68.2 cm³/mol. The van der Waals surface area contributed by atoms with Gasteiger partial charge in [-0.25, -0.2) is 0 Å². The molecule has 1 aromatic carbocycles. The van der Waals surface area contributed by atoms with Gasteiger partial charge in [0.2, 0.25) is 0 Å². The Bertz CT molecular complexity index is 384. The molecule has 17 heavy (non-hydrogen) atoms. The third-order valence-electron chi connectivity index (χ3n) is 3.53. The van der Waals surface area contributed by atoms with Crippen LogP contribution in [0.25, 0.3) is 0 Å². The molecule has 0 N–H and O–H groups in total. The number of Topliss-reactive ketones (excluding diaryl/α,β-unsaturated/α-hetero) is 1. The first-order valence-corrected chi connectivity index (χ1v) is 6.42. The summed E-state index contributed by atoms with van der Waals surface area (Å²) < 4.78 is 5.00. The van der Waals surface area contributed by atoms with Crippen molar-refractivity contribution in [1.29, 1.82) is 0 Å². The highest BCUT2D eigenvalue weighted by atomic mass is 16.5. The lowest BCUT2D eigenvalue weighted by Gasteiger charge is -2.24. The summed E-state index contributed by atoms with van der Waals surface area (Å²) in [4.78, 5) is 12.2. The average Bonchev–Trinajstić information content (AvgIpc) is 2.38. The summed E-state index contributed by atoms with van der Waals surface area (Å²) in [6.45, 7) is 0.681. The molecule has 0 aliphatic heterocycles. The number of hydrogen-bond donors (Lipinski definition) is 0. The minimum atomic E-state index is 0.136. The van der Waals surface area contributed by atoms with Crippen molar-refractivity contribution in [2.75, 3.05) is 13.7 Å². The van der Waals surface area contributed by atoms with Crippen molar-refractivity contribution >= 4 is 5.78 Å². The zero-order valence-electron chi connectivity index (χ0n) is 10.4. The third kappa shape index (κ3) is 2.95. The topological polar surface area (TPSA) is 26.3 Å². The number of carbonyl (C=O) groups is 1. The summed E-state index contributed by atoms with van der Waals surface area (Å²) in [5.74, 6) is 0.519. The SMILES string of the molecule is COCCCC(=O)C1CCCc2ccccc21. The molecular weight excluding hydrogens is 212 g/mol. The van der Waals surface area contributed by atoms with Crippen molar-refractivity contribution in [3.05, 3.63) is 35.4 Å². The van der Waals surface area contributed by atoms with E-state index in [1.165, 1.54) is 11.1 Å². The van der Waals surface area contributed by atoms with Crippen LogP contribution in [0.4, 0.5) is 0 Å². The number of fused-ring (bicyclic) bond motifs is 1. The smallest absolute Gasteiger partial charge is 0.140 e. The first-order valence-electron chi connectivity index (χ1n) is 6.42. The highest BCUT2D eigenvalue weighted by Crippen LogP contribution is 2.32. The Morgan fingerprint density at radius 3 is 3.06 bits per heavy atom. The zero-order chi connectivity index (χ0) is 12.1. The standard InChI is InChI=1S/C15H20O2/c1-17-11-5-10-15(16)14-9-4-7-12-6-2-3-8-13(12)14/h2-3,6,8,14H,4-5,7,9-11H2,1H3. The number of hydrogen-bond acceptors (Lipinski definition) is 2. The summed E-state index contributed by atoms with van der Waals surface area (Å²) >= 11 is 0. The van der Waals surface area contributed by atoms with Gasteiger partial charge in [-0.05, 0) is 36.8 Å². The molecule has 0 saturated heterocycles. The van der Waals surface area contributed by atoms with Crippen molar-refractivity contribution in [2.24, 2.45) is 0 Å². The van der Waals surface area contributed by atoms with Crippen LogP contribution in [0, 0.1) is 0 Å². The second-order valence-electron chi connectivity index (χ2n) is 4.71. The van der Waals surface area contributed by atoms with Crippen molar-refractivity contribution in [2.45, 2.75) is 38.0 Å². The molecule has 1 aromatic rings. The van der Waals surface area contributed by atoms with Gasteiger partial charge < -0.3 is 4.74 Å². The highest BCUT2D eigenvalue weighted by Gasteiger charge is 2.25. The second kappa shape index (κ2) is 5.97. The molecule has 0 heterocycles. The maximum absolute atomic E-state index is 12.2. The van der Waals surface area contributed by atoms with E-state index in [4.69, 9.17) is 4.74 Å². The quantitative estimate of drug-likeness (QED) is 0.729. The number of methoxy groups -OCH3 is 1. The van der Waals surface area contributed by atoms with Gasteiger partial charge in [-0.2, -0.15) is 0 Å².